The van der Waals surface area contributed by atoms with Gasteiger partial charge in [-0.05, 0) is 47.0 Å². The monoisotopic (exact) mass is 411 g/mol. The van der Waals surface area contributed by atoms with Crippen LogP contribution in [0.4, 0.5) is 19.0 Å². The maximum atomic E-state index is 12.9. The zero-order valence-electron chi connectivity index (χ0n) is 15.5. The highest BCUT2D eigenvalue weighted by atomic mass is 19.4. The van der Waals surface area contributed by atoms with Gasteiger partial charge >= 0.3 is 12.1 Å². The molecule has 0 saturated heterocycles. The number of halogens is 3. The molecule has 0 saturated carbocycles. The van der Waals surface area contributed by atoms with Crippen molar-refractivity contribution in [1.29, 1.82) is 0 Å². The number of H-pyrrole nitrogens is 1. The second-order valence-corrected chi connectivity index (χ2v) is 6.73. The molecule has 0 amide bonds. The van der Waals surface area contributed by atoms with Crippen LogP contribution in [0.1, 0.15) is 21.5 Å². The zero-order chi connectivity index (χ0) is 21.3. The van der Waals surface area contributed by atoms with E-state index in [0.717, 1.165) is 34.2 Å². The third kappa shape index (κ3) is 3.84. The van der Waals surface area contributed by atoms with Gasteiger partial charge in [0.05, 0.1) is 22.0 Å². The molecule has 0 spiro atoms. The van der Waals surface area contributed by atoms with Crippen molar-refractivity contribution in [1.82, 2.24) is 10.2 Å². The van der Waals surface area contributed by atoms with Gasteiger partial charge in [0.2, 0.25) is 0 Å². The number of carboxylic acid groups (broad SMARTS) is 1. The summed E-state index contributed by atoms with van der Waals surface area (Å²) in [5.74, 6) is -0.479. The van der Waals surface area contributed by atoms with Gasteiger partial charge in [0.15, 0.2) is 5.82 Å². The van der Waals surface area contributed by atoms with Crippen LogP contribution in [0.2, 0.25) is 0 Å². The minimum absolute atomic E-state index is 0.187. The van der Waals surface area contributed by atoms with E-state index < -0.39 is 17.7 Å². The number of nitrogens with zero attached hydrogens (tertiary/aromatic N) is 1. The summed E-state index contributed by atoms with van der Waals surface area (Å²) < 4.78 is 38.6. The predicted octanol–water partition coefficient (Wildman–Crippen LogP) is 5.56. The highest BCUT2D eigenvalue weighted by Crippen LogP contribution is 2.35. The lowest BCUT2D eigenvalue weighted by Gasteiger charge is -2.10. The number of carboxylic acids is 1. The normalized spacial score (nSPS) is 11.6. The van der Waals surface area contributed by atoms with Crippen molar-refractivity contribution in [3.05, 3.63) is 83.4 Å². The lowest BCUT2D eigenvalue weighted by atomic mass is 10.00. The average molecular weight is 411 g/mol. The van der Waals surface area contributed by atoms with Gasteiger partial charge in [-0.15, -0.1) is 0 Å². The van der Waals surface area contributed by atoms with E-state index in [1.807, 2.05) is 12.1 Å². The summed E-state index contributed by atoms with van der Waals surface area (Å²) in [5.41, 5.74) is 2.34. The Morgan fingerprint density at radius 2 is 1.77 bits per heavy atom. The summed E-state index contributed by atoms with van der Waals surface area (Å²) in [6.45, 7) is 0.336. The third-order valence-corrected chi connectivity index (χ3v) is 4.75. The van der Waals surface area contributed by atoms with Crippen LogP contribution in [0.15, 0.2) is 66.7 Å². The molecule has 0 aliphatic carbocycles. The smallest absolute Gasteiger partial charge is 0.416 e. The van der Waals surface area contributed by atoms with Crippen molar-refractivity contribution < 1.29 is 23.1 Å². The molecule has 0 atom stereocenters. The number of fused-ring (bicyclic) bond motifs is 1. The van der Waals surface area contributed by atoms with Crippen molar-refractivity contribution >= 4 is 22.7 Å². The molecular weight excluding hydrogens is 395 g/mol. The molecule has 5 nitrogen and oxygen atoms in total. The van der Waals surface area contributed by atoms with Gasteiger partial charge in [-0.2, -0.15) is 18.3 Å². The van der Waals surface area contributed by atoms with Gasteiger partial charge in [-0.25, -0.2) is 4.79 Å². The van der Waals surface area contributed by atoms with Gasteiger partial charge in [-0.3, -0.25) is 5.10 Å². The average Bonchev–Trinajstić information content (AvgIpc) is 3.15. The Morgan fingerprint density at radius 3 is 2.47 bits per heavy atom. The van der Waals surface area contributed by atoms with E-state index in [2.05, 4.69) is 15.5 Å². The first-order valence-corrected chi connectivity index (χ1v) is 9.04. The first-order valence-electron chi connectivity index (χ1n) is 9.04. The van der Waals surface area contributed by atoms with E-state index in [1.54, 1.807) is 24.3 Å². The fourth-order valence-electron chi connectivity index (χ4n) is 3.28. The maximum absolute atomic E-state index is 12.9. The third-order valence-electron chi connectivity index (χ3n) is 4.75. The van der Waals surface area contributed by atoms with Gasteiger partial charge in [0, 0.05) is 6.54 Å². The number of rotatable bonds is 5. The number of hydrogen-bond donors (Lipinski definition) is 3. The molecule has 0 fully saturated rings. The predicted molar refractivity (Wildman–Crippen MR) is 107 cm³/mol. The standard InChI is InChI=1S/C22H16F3N3O2/c23-22(24,25)16-9-7-14(8-10-16)17-5-2-6-18-19(17)20(28-27-18)26-12-13-3-1-4-15(11-13)21(29)30/h1-11H,12H2,(H,29,30)(H2,26,27,28). The second-order valence-electron chi connectivity index (χ2n) is 6.73. The number of aromatic amines is 1. The topological polar surface area (TPSA) is 78.0 Å². The van der Waals surface area contributed by atoms with Crippen LogP contribution in [-0.4, -0.2) is 21.3 Å². The molecule has 0 bridgehead atoms. The Balaban J connectivity index is 1.66. The van der Waals surface area contributed by atoms with Crippen molar-refractivity contribution in [3.8, 4) is 11.1 Å². The number of anilines is 1. The Bertz CT molecular complexity index is 1210. The molecule has 8 heteroatoms. The Labute approximate surface area is 169 Å². The summed E-state index contributed by atoms with van der Waals surface area (Å²) in [4.78, 5) is 11.1. The van der Waals surface area contributed by atoms with Crippen LogP contribution in [0.5, 0.6) is 0 Å². The maximum Gasteiger partial charge on any atom is 0.416 e. The molecule has 1 heterocycles. The Morgan fingerprint density at radius 1 is 1.03 bits per heavy atom. The quantitative estimate of drug-likeness (QED) is 0.402. The summed E-state index contributed by atoms with van der Waals surface area (Å²) >= 11 is 0. The molecule has 0 aliphatic heterocycles. The molecule has 0 aliphatic rings. The van der Waals surface area contributed by atoms with E-state index in [4.69, 9.17) is 5.11 Å². The van der Waals surface area contributed by atoms with Crippen LogP contribution in [-0.2, 0) is 12.7 Å². The fraction of sp³-hybridized carbons (Fsp3) is 0.0909. The minimum atomic E-state index is -4.39. The first-order chi connectivity index (χ1) is 14.3. The lowest BCUT2D eigenvalue weighted by Crippen LogP contribution is -2.04. The van der Waals surface area contributed by atoms with Crippen molar-refractivity contribution in [2.45, 2.75) is 12.7 Å². The lowest BCUT2D eigenvalue weighted by molar-refractivity contribution is -0.137. The van der Waals surface area contributed by atoms with E-state index in [0.29, 0.717) is 17.9 Å². The van der Waals surface area contributed by atoms with Crippen molar-refractivity contribution in [2.75, 3.05) is 5.32 Å². The highest BCUT2D eigenvalue weighted by molar-refractivity contribution is 6.02. The van der Waals surface area contributed by atoms with E-state index in [1.165, 1.54) is 18.2 Å². The SMILES string of the molecule is O=C(O)c1cccc(CNc2n[nH]c3cccc(-c4ccc(C(F)(F)F)cc4)c23)c1. The zero-order valence-corrected chi connectivity index (χ0v) is 15.5. The van der Waals surface area contributed by atoms with Crippen LogP contribution in [0.3, 0.4) is 0 Å². The fourth-order valence-corrected chi connectivity index (χ4v) is 3.28. The second kappa shape index (κ2) is 7.55. The number of carbonyl (C=O) groups is 1. The summed E-state index contributed by atoms with van der Waals surface area (Å²) in [6.07, 6.45) is -4.39. The van der Waals surface area contributed by atoms with Crippen LogP contribution in [0, 0.1) is 0 Å². The van der Waals surface area contributed by atoms with Gasteiger partial charge in [0.1, 0.15) is 0 Å². The number of nitrogens with one attached hydrogen (secondary N) is 2. The molecule has 4 aromatic rings. The highest BCUT2D eigenvalue weighted by Gasteiger charge is 2.30. The van der Waals surface area contributed by atoms with E-state index in [9.17, 15) is 18.0 Å². The summed E-state index contributed by atoms with van der Waals surface area (Å²) in [6, 6.07) is 17.0. The van der Waals surface area contributed by atoms with E-state index >= 15 is 0 Å². The molecule has 1 aromatic heterocycles. The van der Waals surface area contributed by atoms with Crippen molar-refractivity contribution in [3.63, 3.8) is 0 Å². The molecule has 0 unspecified atom stereocenters. The Hall–Kier alpha value is -3.81. The summed E-state index contributed by atoms with van der Waals surface area (Å²) in [7, 11) is 0. The van der Waals surface area contributed by atoms with Crippen LogP contribution < -0.4 is 5.32 Å². The summed E-state index contributed by atoms with van der Waals surface area (Å²) in [5, 5.41) is 20.2. The number of hydrogen-bond acceptors (Lipinski definition) is 3. The number of aromatic nitrogens is 2. The Kier molecular flexibility index (Phi) is 4.91. The largest absolute Gasteiger partial charge is 0.478 e. The van der Waals surface area contributed by atoms with Gasteiger partial charge < -0.3 is 10.4 Å². The molecule has 152 valence electrons. The van der Waals surface area contributed by atoms with Crippen LogP contribution >= 0.6 is 0 Å². The molecular formula is C22H16F3N3O2. The molecule has 30 heavy (non-hydrogen) atoms. The van der Waals surface area contributed by atoms with Crippen molar-refractivity contribution in [2.24, 2.45) is 0 Å². The molecule has 3 aromatic carbocycles. The number of alkyl halides is 3. The first kappa shape index (κ1) is 19.5. The number of aromatic carboxylic acids is 1. The van der Waals surface area contributed by atoms with Gasteiger partial charge in [-0.1, -0.05) is 36.4 Å². The molecule has 4 rings (SSSR count). The molecule has 3 N–H and O–H groups in total. The minimum Gasteiger partial charge on any atom is -0.478 e. The number of benzene rings is 3. The molecule has 0 radical (unpaired) electrons. The van der Waals surface area contributed by atoms with Crippen LogP contribution in [0.25, 0.3) is 22.0 Å². The van der Waals surface area contributed by atoms with E-state index in [-0.39, 0.29) is 5.56 Å². The van der Waals surface area contributed by atoms with Gasteiger partial charge in [0.25, 0.3) is 0 Å².